The number of para-hydroxylation sites is 1. The standard InChI is InChI=1S/C37H49FN4O5/c1-6-10-20-42-21-18-29(19-22-42)47-34-24-31(38)30(23-25(34)5)36(43)39-27-14-16-28(17-15-27)46-33-13-11-12-32(35(33)45-9-4)41-37(44)40-26(7-2)8-3/h11-17,23-24,26,29H,6-10,18-22H2,1-5H3,(H,39,43)(H2,40,41,44). The van der Waals surface area contributed by atoms with Crippen LogP contribution >= 0.6 is 0 Å². The van der Waals surface area contributed by atoms with E-state index in [0.29, 0.717) is 46.5 Å². The number of carbonyl (C=O) groups excluding carboxylic acids is 2. The van der Waals surface area contributed by atoms with Crippen molar-refractivity contribution in [1.29, 1.82) is 0 Å². The number of unbranched alkanes of at least 4 members (excludes halogenated alkanes) is 1. The summed E-state index contributed by atoms with van der Waals surface area (Å²) in [6.07, 6.45) is 5.87. The first-order valence-electron chi connectivity index (χ1n) is 16.9. The molecule has 0 bridgehead atoms. The van der Waals surface area contributed by atoms with E-state index in [9.17, 15) is 9.59 Å². The summed E-state index contributed by atoms with van der Waals surface area (Å²) >= 11 is 0. The number of halogens is 1. The number of urea groups is 1. The van der Waals surface area contributed by atoms with Crippen molar-refractivity contribution >= 4 is 23.3 Å². The molecule has 3 N–H and O–H groups in total. The van der Waals surface area contributed by atoms with E-state index >= 15 is 4.39 Å². The third-order valence-electron chi connectivity index (χ3n) is 8.34. The van der Waals surface area contributed by atoms with Gasteiger partial charge < -0.3 is 35.1 Å². The van der Waals surface area contributed by atoms with Crippen molar-refractivity contribution in [1.82, 2.24) is 10.2 Å². The van der Waals surface area contributed by atoms with Crippen LogP contribution in [0.5, 0.6) is 23.0 Å². The summed E-state index contributed by atoms with van der Waals surface area (Å²) in [6.45, 7) is 13.4. The molecule has 1 fully saturated rings. The highest BCUT2D eigenvalue weighted by Crippen LogP contribution is 2.38. The maximum absolute atomic E-state index is 15.1. The zero-order valence-electron chi connectivity index (χ0n) is 28.3. The summed E-state index contributed by atoms with van der Waals surface area (Å²) in [6, 6.07) is 14.6. The lowest BCUT2D eigenvalue weighted by Crippen LogP contribution is -2.38. The number of anilines is 2. The first kappa shape index (κ1) is 35.5. The lowest BCUT2D eigenvalue weighted by molar-refractivity contribution is 0.0986. The smallest absolute Gasteiger partial charge is 0.319 e. The second-order valence-electron chi connectivity index (χ2n) is 11.9. The molecule has 0 atom stereocenters. The van der Waals surface area contributed by atoms with Gasteiger partial charge in [0.25, 0.3) is 5.91 Å². The summed E-state index contributed by atoms with van der Waals surface area (Å²) < 4.78 is 33.3. The molecule has 47 heavy (non-hydrogen) atoms. The highest BCUT2D eigenvalue weighted by molar-refractivity contribution is 6.04. The van der Waals surface area contributed by atoms with Gasteiger partial charge in [-0.1, -0.05) is 33.3 Å². The zero-order valence-corrected chi connectivity index (χ0v) is 28.3. The molecule has 0 spiro atoms. The normalized spacial score (nSPS) is 13.7. The van der Waals surface area contributed by atoms with E-state index in [4.69, 9.17) is 14.2 Å². The second-order valence-corrected chi connectivity index (χ2v) is 11.9. The SMILES string of the molecule is CCCCN1CCC(Oc2cc(F)c(C(=O)Nc3ccc(Oc4cccc(NC(=O)NC(CC)CC)c4OCC)cc3)cc2C)CC1. The van der Waals surface area contributed by atoms with Crippen molar-refractivity contribution in [2.75, 3.05) is 36.9 Å². The van der Waals surface area contributed by atoms with Crippen LogP contribution in [0.3, 0.4) is 0 Å². The van der Waals surface area contributed by atoms with Gasteiger partial charge in [-0.05, 0) is 101 Å². The number of carbonyl (C=O) groups is 2. The number of nitrogens with one attached hydrogen (secondary N) is 3. The summed E-state index contributed by atoms with van der Waals surface area (Å²) in [5, 5.41) is 8.59. The third-order valence-corrected chi connectivity index (χ3v) is 8.34. The van der Waals surface area contributed by atoms with E-state index < -0.39 is 11.7 Å². The molecule has 1 aliphatic heterocycles. The van der Waals surface area contributed by atoms with E-state index in [-0.39, 0.29) is 23.7 Å². The molecule has 3 aromatic carbocycles. The summed E-state index contributed by atoms with van der Waals surface area (Å²) in [5.74, 6) is 0.606. The molecule has 0 saturated carbocycles. The molecule has 10 heteroatoms. The lowest BCUT2D eigenvalue weighted by Gasteiger charge is -2.32. The molecular weight excluding hydrogens is 599 g/mol. The molecule has 3 amide bonds. The molecule has 4 rings (SSSR count). The monoisotopic (exact) mass is 648 g/mol. The van der Waals surface area contributed by atoms with Crippen LogP contribution in [-0.2, 0) is 0 Å². The number of piperidine rings is 1. The minimum atomic E-state index is -0.631. The molecule has 1 heterocycles. The van der Waals surface area contributed by atoms with Crippen molar-refractivity contribution in [3.05, 3.63) is 71.5 Å². The fourth-order valence-electron chi connectivity index (χ4n) is 5.53. The number of nitrogens with zero attached hydrogens (tertiary/aromatic N) is 1. The first-order chi connectivity index (χ1) is 22.7. The van der Waals surface area contributed by atoms with Crippen LogP contribution in [0.1, 0.15) is 82.1 Å². The Morgan fingerprint density at radius 3 is 2.34 bits per heavy atom. The van der Waals surface area contributed by atoms with E-state index in [0.717, 1.165) is 45.3 Å². The van der Waals surface area contributed by atoms with Crippen LogP contribution in [0.25, 0.3) is 0 Å². The molecule has 0 unspecified atom stereocenters. The van der Waals surface area contributed by atoms with Crippen molar-refractivity contribution in [2.45, 2.75) is 85.3 Å². The number of amides is 3. The molecule has 0 aromatic heterocycles. The average molecular weight is 649 g/mol. The van der Waals surface area contributed by atoms with Crippen LogP contribution in [0.15, 0.2) is 54.6 Å². The van der Waals surface area contributed by atoms with E-state index in [1.807, 2.05) is 27.7 Å². The van der Waals surface area contributed by atoms with Crippen LogP contribution in [0.2, 0.25) is 0 Å². The van der Waals surface area contributed by atoms with Crippen molar-refractivity contribution < 1.29 is 28.2 Å². The van der Waals surface area contributed by atoms with Crippen molar-refractivity contribution in [2.24, 2.45) is 0 Å². The maximum atomic E-state index is 15.1. The molecule has 9 nitrogen and oxygen atoms in total. The van der Waals surface area contributed by atoms with Crippen LogP contribution in [0, 0.1) is 12.7 Å². The highest BCUT2D eigenvalue weighted by atomic mass is 19.1. The number of rotatable bonds is 15. The van der Waals surface area contributed by atoms with E-state index in [2.05, 4.69) is 27.8 Å². The largest absolute Gasteiger partial charge is 0.490 e. The zero-order chi connectivity index (χ0) is 33.8. The number of likely N-dealkylation sites (tertiary alicyclic amines) is 1. The first-order valence-corrected chi connectivity index (χ1v) is 16.9. The molecule has 0 aliphatic carbocycles. The molecule has 1 aliphatic rings. The maximum Gasteiger partial charge on any atom is 0.319 e. The molecule has 3 aromatic rings. The van der Waals surface area contributed by atoms with Gasteiger partial charge in [0.1, 0.15) is 23.4 Å². The van der Waals surface area contributed by atoms with Crippen LogP contribution in [-0.4, -0.2) is 55.2 Å². The average Bonchev–Trinajstić information content (AvgIpc) is 3.07. The molecular formula is C37H49FN4O5. The highest BCUT2D eigenvalue weighted by Gasteiger charge is 2.23. The van der Waals surface area contributed by atoms with Crippen LogP contribution in [0.4, 0.5) is 20.6 Å². The molecule has 0 radical (unpaired) electrons. The van der Waals surface area contributed by atoms with Gasteiger partial charge in [0.2, 0.25) is 0 Å². The number of aryl methyl sites for hydroxylation is 1. The van der Waals surface area contributed by atoms with Gasteiger partial charge in [0.05, 0.1) is 17.9 Å². The lowest BCUT2D eigenvalue weighted by atomic mass is 10.1. The fraction of sp³-hybridized carbons (Fsp3) is 0.459. The van der Waals surface area contributed by atoms with Crippen molar-refractivity contribution in [3.8, 4) is 23.0 Å². The number of benzene rings is 3. The Balaban J connectivity index is 1.37. The topological polar surface area (TPSA) is 101 Å². The van der Waals surface area contributed by atoms with Crippen LogP contribution < -0.4 is 30.2 Å². The van der Waals surface area contributed by atoms with Gasteiger partial charge in [0, 0.05) is 30.9 Å². The van der Waals surface area contributed by atoms with Crippen molar-refractivity contribution in [3.63, 3.8) is 0 Å². The fourth-order valence-corrected chi connectivity index (χ4v) is 5.53. The third kappa shape index (κ3) is 10.1. The van der Waals surface area contributed by atoms with E-state index in [1.165, 1.54) is 25.0 Å². The second kappa shape index (κ2) is 17.6. The Bertz CT molecular complexity index is 1470. The van der Waals surface area contributed by atoms with Gasteiger partial charge in [-0.2, -0.15) is 0 Å². The Morgan fingerprint density at radius 1 is 0.957 bits per heavy atom. The van der Waals surface area contributed by atoms with Gasteiger partial charge in [-0.25, -0.2) is 9.18 Å². The number of hydrogen-bond donors (Lipinski definition) is 3. The Kier molecular flexibility index (Phi) is 13.3. The van der Waals surface area contributed by atoms with Gasteiger partial charge in [0.15, 0.2) is 11.5 Å². The predicted octanol–water partition coefficient (Wildman–Crippen LogP) is 8.53. The Hall–Kier alpha value is -4.31. The molecule has 1 saturated heterocycles. The van der Waals surface area contributed by atoms with Gasteiger partial charge in [-0.3, -0.25) is 4.79 Å². The minimum Gasteiger partial charge on any atom is -0.490 e. The number of ether oxygens (including phenoxy) is 3. The Morgan fingerprint density at radius 2 is 1.68 bits per heavy atom. The minimum absolute atomic E-state index is 0.0357. The predicted molar refractivity (Wildman–Crippen MR) is 185 cm³/mol. The molecule has 254 valence electrons. The number of hydrogen-bond acceptors (Lipinski definition) is 6. The summed E-state index contributed by atoms with van der Waals surface area (Å²) in [7, 11) is 0. The van der Waals surface area contributed by atoms with Gasteiger partial charge >= 0.3 is 6.03 Å². The quantitative estimate of drug-likeness (QED) is 0.153. The summed E-state index contributed by atoms with van der Waals surface area (Å²) in [4.78, 5) is 28.1. The van der Waals surface area contributed by atoms with Gasteiger partial charge in [-0.15, -0.1) is 0 Å². The summed E-state index contributed by atoms with van der Waals surface area (Å²) in [5.41, 5.74) is 1.62. The Labute approximate surface area is 278 Å². The van der Waals surface area contributed by atoms with E-state index in [1.54, 1.807) is 42.5 Å².